The molecule has 0 bridgehead atoms. The van der Waals surface area contributed by atoms with Gasteiger partial charge in [-0.3, -0.25) is 39.1 Å². The molecule has 16 nitrogen and oxygen atoms in total. The molecule has 5 fully saturated rings. The number of imide groups is 1. The first kappa shape index (κ1) is 48.5. The lowest BCUT2D eigenvalue weighted by atomic mass is 9.82. The fourth-order valence-electron chi connectivity index (χ4n) is 11.0. The van der Waals surface area contributed by atoms with Crippen molar-refractivity contribution < 1.29 is 37.6 Å². The summed E-state index contributed by atoms with van der Waals surface area (Å²) in [7, 11) is 1.65. The molecule has 2 aromatic carbocycles. The molecule has 2 aromatic heterocycles. The molecule has 3 N–H and O–H groups in total. The molecule has 4 aromatic rings. The van der Waals surface area contributed by atoms with Crippen LogP contribution in [-0.4, -0.2) is 124 Å². The number of imidazole rings is 1. The molecule has 19 heteroatoms. The fraction of sp³-hybridized carbons (Fsp3) is 0.540. The van der Waals surface area contributed by atoms with E-state index in [4.69, 9.17) is 4.84 Å². The molecule has 0 radical (unpaired) electrons. The summed E-state index contributed by atoms with van der Waals surface area (Å²) in [5, 5.41) is 5.15. The molecular formula is C50H61BrF2N10O6. The Labute approximate surface area is 408 Å². The van der Waals surface area contributed by atoms with Crippen LogP contribution in [0.1, 0.15) is 92.5 Å². The lowest BCUT2D eigenvalue weighted by molar-refractivity contribution is -0.144. The van der Waals surface area contributed by atoms with E-state index in [1.807, 2.05) is 11.1 Å². The van der Waals surface area contributed by atoms with Gasteiger partial charge in [-0.15, -0.1) is 0 Å². The van der Waals surface area contributed by atoms with Crippen molar-refractivity contribution in [3.8, 4) is 0 Å². The van der Waals surface area contributed by atoms with Crippen LogP contribution in [-0.2, 0) is 31.1 Å². The van der Waals surface area contributed by atoms with Crippen molar-refractivity contribution in [2.24, 2.45) is 30.7 Å². The molecule has 5 aliphatic heterocycles. The number of anilines is 3. The number of hydrogen-bond acceptors (Lipinski definition) is 11. The Balaban J connectivity index is 0.656. The number of nitrogens with one attached hydrogen (secondary N) is 3. The molecule has 69 heavy (non-hydrogen) atoms. The van der Waals surface area contributed by atoms with Gasteiger partial charge in [-0.25, -0.2) is 19.2 Å². The highest BCUT2D eigenvalue weighted by atomic mass is 79.9. The number of rotatable bonds is 13. The Morgan fingerprint density at radius 3 is 2.25 bits per heavy atom. The standard InChI is InChI=1S/C50H61BrF2N10O6/c1-59-30-55-47-42(59)25-39(46(45(47)53)56-41-4-2-36(51)24-40(41)52)49(67)58-69-29-44(65)62-20-12-34(13-21-62)50(68)63-18-8-32(9-19-63)22-31-6-14-60(15-7-31)28-33-10-16-61(17-11-33)37-23-35(26-54-27-37)38-3-5-43(64)57-48(38)66/h2,4,23-27,30-34,38,56H,3,5-22,28-29H2,1H3,(H,58,67)(H,57,64,66). The first-order valence-corrected chi connectivity index (χ1v) is 25.3. The number of amides is 5. The second-order valence-electron chi connectivity index (χ2n) is 19.6. The summed E-state index contributed by atoms with van der Waals surface area (Å²) in [5.74, 6) is -1.40. The van der Waals surface area contributed by atoms with Crippen molar-refractivity contribution in [1.29, 1.82) is 0 Å². The molecule has 1 unspecified atom stereocenters. The number of aromatic nitrogens is 3. The average Bonchev–Trinajstić information content (AvgIpc) is 3.73. The lowest BCUT2D eigenvalue weighted by Gasteiger charge is -2.40. The number of fused-ring (bicyclic) bond motifs is 1. The van der Waals surface area contributed by atoms with Crippen LogP contribution in [0.4, 0.5) is 25.8 Å². The van der Waals surface area contributed by atoms with Crippen LogP contribution in [0.3, 0.4) is 0 Å². The SMILES string of the molecule is Cn1cnc2c(F)c(Nc3ccc(Br)cc3F)c(C(=O)NOCC(=O)N3CCC(C(=O)N4CCC(CC5CCN(CC6CCN(c7cncc(C8CCC(=O)NC8=O)c7)CC6)CC5)CC4)CC3)cc21. The number of carbonyl (C=O) groups is 5. The maximum atomic E-state index is 15.8. The monoisotopic (exact) mass is 1010 g/mol. The highest BCUT2D eigenvalue weighted by Gasteiger charge is 2.34. The van der Waals surface area contributed by atoms with Crippen LogP contribution < -0.4 is 21.0 Å². The van der Waals surface area contributed by atoms with Gasteiger partial charge in [0.15, 0.2) is 12.4 Å². The number of nitrogens with zero attached hydrogens (tertiary/aromatic N) is 7. The molecule has 7 heterocycles. The van der Waals surface area contributed by atoms with E-state index in [9.17, 15) is 28.4 Å². The topological polar surface area (TPSA) is 174 Å². The molecule has 0 saturated carbocycles. The molecule has 368 valence electrons. The van der Waals surface area contributed by atoms with Crippen LogP contribution in [0.5, 0.6) is 0 Å². The predicted octanol–water partition coefficient (Wildman–Crippen LogP) is 6.43. The van der Waals surface area contributed by atoms with Crippen molar-refractivity contribution in [1.82, 2.24) is 40.0 Å². The Morgan fingerprint density at radius 1 is 0.841 bits per heavy atom. The number of piperidine rings is 5. The zero-order chi connectivity index (χ0) is 48.2. The maximum Gasteiger partial charge on any atom is 0.277 e. The molecule has 9 rings (SSSR count). The van der Waals surface area contributed by atoms with E-state index in [0.29, 0.717) is 60.6 Å². The zero-order valence-corrected chi connectivity index (χ0v) is 40.7. The van der Waals surface area contributed by atoms with Gasteiger partial charge in [-0.2, -0.15) is 0 Å². The van der Waals surface area contributed by atoms with Crippen LogP contribution in [0, 0.1) is 35.3 Å². The van der Waals surface area contributed by atoms with Crippen LogP contribution in [0.25, 0.3) is 11.0 Å². The number of hydrogen-bond donors (Lipinski definition) is 3. The van der Waals surface area contributed by atoms with E-state index < -0.39 is 24.1 Å². The van der Waals surface area contributed by atoms with Gasteiger partial charge in [-0.05, 0) is 131 Å². The van der Waals surface area contributed by atoms with Crippen molar-refractivity contribution in [3.05, 3.63) is 76.3 Å². The van der Waals surface area contributed by atoms with Gasteiger partial charge < -0.3 is 29.5 Å². The van der Waals surface area contributed by atoms with E-state index in [-0.39, 0.29) is 57.9 Å². The Kier molecular flexibility index (Phi) is 15.2. The van der Waals surface area contributed by atoms with Crippen LogP contribution in [0.15, 0.2) is 53.5 Å². The van der Waals surface area contributed by atoms with E-state index in [1.165, 1.54) is 43.8 Å². The second kappa shape index (κ2) is 21.6. The summed E-state index contributed by atoms with van der Waals surface area (Å²) in [6, 6.07) is 7.70. The third-order valence-electron chi connectivity index (χ3n) is 15.1. The smallest absolute Gasteiger partial charge is 0.277 e. The number of hydroxylamine groups is 1. The Hall–Kier alpha value is -5.53. The summed E-state index contributed by atoms with van der Waals surface area (Å²) in [4.78, 5) is 86.8. The van der Waals surface area contributed by atoms with Gasteiger partial charge in [0, 0.05) is 75.9 Å². The van der Waals surface area contributed by atoms with Gasteiger partial charge in [0.25, 0.3) is 11.8 Å². The fourth-order valence-corrected chi connectivity index (χ4v) is 11.4. The van der Waals surface area contributed by atoms with Crippen molar-refractivity contribution in [2.75, 3.05) is 75.7 Å². The van der Waals surface area contributed by atoms with E-state index in [2.05, 4.69) is 57.9 Å². The van der Waals surface area contributed by atoms with Crippen molar-refractivity contribution >= 4 is 73.6 Å². The molecule has 5 aliphatic rings. The number of carbonyl (C=O) groups excluding carboxylic acids is 5. The quantitative estimate of drug-likeness (QED) is 0.0996. The number of pyridine rings is 1. The third-order valence-corrected chi connectivity index (χ3v) is 15.6. The minimum atomic E-state index is -0.847. The summed E-state index contributed by atoms with van der Waals surface area (Å²) in [6.07, 6.45) is 15.0. The Bertz CT molecular complexity index is 2550. The third kappa shape index (κ3) is 11.4. The van der Waals surface area contributed by atoms with Crippen molar-refractivity contribution in [3.63, 3.8) is 0 Å². The van der Waals surface area contributed by atoms with E-state index >= 15 is 4.39 Å². The van der Waals surface area contributed by atoms with Gasteiger partial charge in [-0.1, -0.05) is 15.9 Å². The molecule has 1 atom stereocenters. The summed E-state index contributed by atoms with van der Waals surface area (Å²) in [6.45, 7) is 7.26. The lowest BCUT2D eigenvalue weighted by Crippen LogP contribution is -2.47. The Morgan fingerprint density at radius 2 is 1.54 bits per heavy atom. The number of benzene rings is 2. The molecular weight excluding hydrogens is 955 g/mol. The largest absolute Gasteiger partial charge is 0.370 e. The van der Waals surface area contributed by atoms with Crippen LogP contribution in [0.2, 0.25) is 0 Å². The first-order chi connectivity index (χ1) is 33.4. The normalized spacial score (nSPS) is 20.6. The van der Waals surface area contributed by atoms with Gasteiger partial charge in [0.1, 0.15) is 11.3 Å². The number of halogens is 3. The van der Waals surface area contributed by atoms with Crippen molar-refractivity contribution in [2.45, 2.75) is 76.5 Å². The molecule has 0 spiro atoms. The van der Waals surface area contributed by atoms with Gasteiger partial charge >= 0.3 is 0 Å². The zero-order valence-electron chi connectivity index (χ0n) is 39.1. The predicted molar refractivity (Wildman–Crippen MR) is 258 cm³/mol. The van der Waals surface area contributed by atoms with E-state index in [1.54, 1.807) is 28.8 Å². The highest BCUT2D eigenvalue weighted by Crippen LogP contribution is 2.35. The molecule has 5 saturated heterocycles. The highest BCUT2D eigenvalue weighted by molar-refractivity contribution is 9.10. The minimum absolute atomic E-state index is 0.00515. The molecule has 0 aliphatic carbocycles. The van der Waals surface area contributed by atoms with Gasteiger partial charge in [0.05, 0.1) is 46.6 Å². The number of likely N-dealkylation sites (tertiary alicyclic amines) is 3. The summed E-state index contributed by atoms with van der Waals surface area (Å²) >= 11 is 3.21. The molecule has 5 amide bonds. The summed E-state index contributed by atoms with van der Waals surface area (Å²) < 4.78 is 32.5. The van der Waals surface area contributed by atoms with Gasteiger partial charge in [0.2, 0.25) is 17.7 Å². The maximum absolute atomic E-state index is 15.8. The van der Waals surface area contributed by atoms with Crippen LogP contribution >= 0.6 is 15.9 Å². The summed E-state index contributed by atoms with van der Waals surface area (Å²) in [5.41, 5.74) is 3.99. The van der Waals surface area contributed by atoms with E-state index in [0.717, 1.165) is 88.7 Å². The second-order valence-corrected chi connectivity index (χ2v) is 20.5. The first-order valence-electron chi connectivity index (χ1n) is 24.5. The number of aryl methyl sites for hydroxylation is 1. The average molecular weight is 1020 g/mol. The minimum Gasteiger partial charge on any atom is -0.370 e.